The Balaban J connectivity index is 1.43. The zero-order valence-electron chi connectivity index (χ0n) is 12.8. The van der Waals surface area contributed by atoms with Gasteiger partial charge in [0.2, 0.25) is 0 Å². The first-order chi connectivity index (χ1) is 10.8. The Morgan fingerprint density at radius 1 is 1.00 bits per heavy atom. The lowest BCUT2D eigenvalue weighted by Gasteiger charge is -2.14. The third kappa shape index (κ3) is 4.09. The molecule has 1 heterocycles. The summed E-state index contributed by atoms with van der Waals surface area (Å²) in [5.74, 6) is 0.918. The molecule has 1 aliphatic heterocycles. The lowest BCUT2D eigenvalue weighted by atomic mass is 10.1. The number of likely N-dealkylation sites (tertiary alicyclic amines) is 1. The van der Waals surface area contributed by atoms with Gasteiger partial charge in [-0.05, 0) is 36.1 Å². The van der Waals surface area contributed by atoms with Crippen molar-refractivity contribution in [3.8, 4) is 16.9 Å². The van der Waals surface area contributed by atoms with Crippen molar-refractivity contribution < 1.29 is 9.84 Å². The summed E-state index contributed by atoms with van der Waals surface area (Å²) in [7, 11) is 0. The van der Waals surface area contributed by atoms with Gasteiger partial charge >= 0.3 is 0 Å². The van der Waals surface area contributed by atoms with Gasteiger partial charge in [0.15, 0.2) is 0 Å². The third-order valence-electron chi connectivity index (χ3n) is 4.10. The van der Waals surface area contributed by atoms with Gasteiger partial charge in [-0.3, -0.25) is 0 Å². The summed E-state index contributed by atoms with van der Waals surface area (Å²) in [6.07, 6.45) is 1.76. The average Bonchev–Trinajstić information content (AvgIpc) is 2.98. The first-order valence-electron chi connectivity index (χ1n) is 8.00. The SMILES string of the molecule is OC1CCN(CCCOc2ccc(-c3ccccc3)cc2)C1. The molecule has 22 heavy (non-hydrogen) atoms. The van der Waals surface area contributed by atoms with Crippen LogP contribution < -0.4 is 4.74 Å². The van der Waals surface area contributed by atoms with Crippen LogP contribution in [0.4, 0.5) is 0 Å². The number of aliphatic hydroxyl groups excluding tert-OH is 1. The molecule has 3 rings (SSSR count). The number of ether oxygens (including phenoxy) is 1. The third-order valence-corrected chi connectivity index (χ3v) is 4.10. The second-order valence-electron chi connectivity index (χ2n) is 5.84. The van der Waals surface area contributed by atoms with Crippen LogP contribution in [0.2, 0.25) is 0 Å². The molecule has 1 atom stereocenters. The number of hydrogen-bond donors (Lipinski definition) is 1. The maximum Gasteiger partial charge on any atom is 0.119 e. The highest BCUT2D eigenvalue weighted by molar-refractivity contribution is 5.63. The van der Waals surface area contributed by atoms with E-state index in [1.54, 1.807) is 0 Å². The number of rotatable bonds is 6. The molecule has 1 aliphatic rings. The van der Waals surface area contributed by atoms with Gasteiger partial charge in [0.1, 0.15) is 5.75 Å². The monoisotopic (exact) mass is 297 g/mol. The van der Waals surface area contributed by atoms with Crippen LogP contribution in [0.5, 0.6) is 5.75 Å². The van der Waals surface area contributed by atoms with E-state index in [-0.39, 0.29) is 6.10 Å². The Morgan fingerprint density at radius 2 is 1.73 bits per heavy atom. The van der Waals surface area contributed by atoms with E-state index in [1.165, 1.54) is 11.1 Å². The van der Waals surface area contributed by atoms with Crippen molar-refractivity contribution in [1.82, 2.24) is 4.90 Å². The highest BCUT2D eigenvalue weighted by atomic mass is 16.5. The molecule has 3 heteroatoms. The molecule has 0 aliphatic carbocycles. The highest BCUT2D eigenvalue weighted by Crippen LogP contribution is 2.22. The first-order valence-corrected chi connectivity index (χ1v) is 8.00. The minimum atomic E-state index is -0.133. The number of benzene rings is 2. The quantitative estimate of drug-likeness (QED) is 0.831. The molecule has 0 amide bonds. The largest absolute Gasteiger partial charge is 0.494 e. The number of β-amino-alcohol motifs (C(OH)–C–C–N with tert-alkyl or cyclic N) is 1. The zero-order valence-corrected chi connectivity index (χ0v) is 12.8. The van der Waals surface area contributed by atoms with Gasteiger partial charge < -0.3 is 14.7 Å². The molecule has 1 N–H and O–H groups in total. The van der Waals surface area contributed by atoms with E-state index in [9.17, 15) is 5.11 Å². The Morgan fingerprint density at radius 3 is 2.41 bits per heavy atom. The molecule has 0 saturated carbocycles. The average molecular weight is 297 g/mol. The van der Waals surface area contributed by atoms with Gasteiger partial charge in [0.05, 0.1) is 12.7 Å². The summed E-state index contributed by atoms with van der Waals surface area (Å²) in [5.41, 5.74) is 2.43. The molecule has 0 radical (unpaired) electrons. The molecule has 0 bridgehead atoms. The standard InChI is InChI=1S/C19H23NO2/c21-18-11-13-20(15-18)12-4-14-22-19-9-7-17(8-10-19)16-5-2-1-3-6-16/h1-3,5-10,18,21H,4,11-15H2. The van der Waals surface area contributed by atoms with E-state index >= 15 is 0 Å². The molecular weight excluding hydrogens is 274 g/mol. The van der Waals surface area contributed by atoms with Crippen LogP contribution in [0, 0.1) is 0 Å². The van der Waals surface area contributed by atoms with Gasteiger partial charge in [0.25, 0.3) is 0 Å². The predicted molar refractivity (Wildman–Crippen MR) is 89.1 cm³/mol. The predicted octanol–water partition coefficient (Wildman–Crippen LogP) is 3.19. The molecule has 1 unspecified atom stereocenters. The van der Waals surface area contributed by atoms with Gasteiger partial charge in [-0.2, -0.15) is 0 Å². The minimum absolute atomic E-state index is 0.133. The van der Waals surface area contributed by atoms with Gasteiger partial charge in [-0.15, -0.1) is 0 Å². The summed E-state index contributed by atoms with van der Waals surface area (Å²) < 4.78 is 5.79. The lowest BCUT2D eigenvalue weighted by molar-refractivity contribution is 0.173. The van der Waals surface area contributed by atoms with Crippen LogP contribution in [0.25, 0.3) is 11.1 Å². The maximum atomic E-state index is 9.48. The second kappa shape index (κ2) is 7.43. The van der Waals surface area contributed by atoms with E-state index in [4.69, 9.17) is 4.74 Å². The van der Waals surface area contributed by atoms with E-state index in [0.717, 1.165) is 44.8 Å². The molecule has 1 saturated heterocycles. The fraction of sp³-hybridized carbons (Fsp3) is 0.368. The number of aliphatic hydroxyl groups is 1. The minimum Gasteiger partial charge on any atom is -0.494 e. The molecule has 2 aromatic rings. The van der Waals surface area contributed by atoms with Crippen molar-refractivity contribution in [2.45, 2.75) is 18.9 Å². The van der Waals surface area contributed by atoms with Gasteiger partial charge in [0, 0.05) is 19.6 Å². The van der Waals surface area contributed by atoms with Crippen LogP contribution in [0.3, 0.4) is 0 Å². The summed E-state index contributed by atoms with van der Waals surface area (Å²) >= 11 is 0. The van der Waals surface area contributed by atoms with Crippen molar-refractivity contribution in [2.75, 3.05) is 26.2 Å². The van der Waals surface area contributed by atoms with E-state index < -0.39 is 0 Å². The van der Waals surface area contributed by atoms with Gasteiger partial charge in [-0.25, -0.2) is 0 Å². The summed E-state index contributed by atoms with van der Waals surface area (Å²) in [6.45, 7) is 3.54. The van der Waals surface area contributed by atoms with Crippen LogP contribution in [-0.4, -0.2) is 42.4 Å². The maximum absolute atomic E-state index is 9.48. The molecule has 0 aromatic heterocycles. The van der Waals surface area contributed by atoms with Crippen LogP contribution in [0.1, 0.15) is 12.8 Å². The highest BCUT2D eigenvalue weighted by Gasteiger charge is 2.19. The van der Waals surface area contributed by atoms with E-state index in [2.05, 4.69) is 41.3 Å². The molecule has 1 fully saturated rings. The van der Waals surface area contributed by atoms with Crippen molar-refractivity contribution in [3.05, 3.63) is 54.6 Å². The Kier molecular flexibility index (Phi) is 5.09. The molecular formula is C19H23NO2. The fourth-order valence-corrected chi connectivity index (χ4v) is 2.87. The Hall–Kier alpha value is -1.84. The number of nitrogens with zero attached hydrogens (tertiary/aromatic N) is 1. The summed E-state index contributed by atoms with van der Waals surface area (Å²) in [4.78, 5) is 2.30. The summed E-state index contributed by atoms with van der Waals surface area (Å²) in [6, 6.07) is 18.6. The van der Waals surface area contributed by atoms with Gasteiger partial charge in [-0.1, -0.05) is 42.5 Å². The summed E-state index contributed by atoms with van der Waals surface area (Å²) in [5, 5.41) is 9.48. The Labute approximate surface area is 132 Å². The molecule has 116 valence electrons. The zero-order chi connectivity index (χ0) is 15.2. The fourth-order valence-electron chi connectivity index (χ4n) is 2.87. The van der Waals surface area contributed by atoms with Crippen molar-refractivity contribution in [2.24, 2.45) is 0 Å². The van der Waals surface area contributed by atoms with Crippen LogP contribution in [-0.2, 0) is 0 Å². The lowest BCUT2D eigenvalue weighted by Crippen LogP contribution is -2.24. The van der Waals surface area contributed by atoms with E-state index in [0.29, 0.717) is 0 Å². The molecule has 3 nitrogen and oxygen atoms in total. The topological polar surface area (TPSA) is 32.7 Å². The molecule has 0 spiro atoms. The van der Waals surface area contributed by atoms with Crippen molar-refractivity contribution in [3.63, 3.8) is 0 Å². The van der Waals surface area contributed by atoms with Crippen molar-refractivity contribution in [1.29, 1.82) is 0 Å². The second-order valence-corrected chi connectivity index (χ2v) is 5.84. The van der Waals surface area contributed by atoms with Crippen LogP contribution >= 0.6 is 0 Å². The first kappa shape index (κ1) is 15.1. The molecule has 2 aromatic carbocycles. The number of hydrogen-bond acceptors (Lipinski definition) is 3. The Bertz CT molecular complexity index is 568. The smallest absolute Gasteiger partial charge is 0.119 e. The van der Waals surface area contributed by atoms with E-state index in [1.807, 2.05) is 18.2 Å². The van der Waals surface area contributed by atoms with Crippen molar-refractivity contribution >= 4 is 0 Å². The van der Waals surface area contributed by atoms with Crippen LogP contribution in [0.15, 0.2) is 54.6 Å². The normalized spacial score (nSPS) is 18.5.